The Balaban J connectivity index is 5.10. The number of esters is 1. The van der Waals surface area contributed by atoms with E-state index in [-0.39, 0.29) is 31.5 Å². The number of carbonyl (C=O) groups is 2. The lowest BCUT2D eigenvalue weighted by atomic mass is 10.0. The van der Waals surface area contributed by atoms with Gasteiger partial charge in [-0.2, -0.15) is 0 Å². The number of hydrogen-bond acceptors (Lipinski definition) is 6. The predicted molar refractivity (Wildman–Crippen MR) is 319 cm³/mol. The van der Waals surface area contributed by atoms with Gasteiger partial charge in [0, 0.05) is 12.8 Å². The highest BCUT2D eigenvalue weighted by Crippen LogP contribution is 2.43. The molecule has 0 saturated heterocycles. The van der Waals surface area contributed by atoms with Crippen LogP contribution in [0.2, 0.25) is 0 Å². The second-order valence-electron chi connectivity index (χ2n) is 23.3. The minimum atomic E-state index is -4.44. The largest absolute Gasteiger partial charge is 0.472 e. The molecule has 0 rings (SSSR count). The first kappa shape index (κ1) is 72.5. The number of phosphoric ester groups is 1. The predicted octanol–water partition coefficient (Wildman–Crippen LogP) is 19.7. The first-order chi connectivity index (χ1) is 35.9. The lowest BCUT2D eigenvalue weighted by molar-refractivity contribution is -0.870. The minimum Gasteiger partial charge on any atom is -0.456 e. The van der Waals surface area contributed by atoms with E-state index in [4.69, 9.17) is 13.8 Å². The van der Waals surface area contributed by atoms with Crippen molar-refractivity contribution in [1.82, 2.24) is 5.32 Å². The third kappa shape index (κ3) is 55.3. The Morgan fingerprint density at radius 1 is 0.459 bits per heavy atom. The number of carbonyl (C=O) groups excluding carboxylic acids is 2. The van der Waals surface area contributed by atoms with Crippen LogP contribution >= 0.6 is 7.82 Å². The van der Waals surface area contributed by atoms with Crippen LogP contribution in [-0.4, -0.2) is 74.3 Å². The van der Waals surface area contributed by atoms with E-state index < -0.39 is 20.0 Å². The molecule has 3 atom stereocenters. The molecule has 0 aliphatic heterocycles. The molecule has 0 radical (unpaired) electrons. The molecule has 2 N–H and O–H groups in total. The van der Waals surface area contributed by atoms with Gasteiger partial charge in [-0.1, -0.05) is 277 Å². The molecule has 0 saturated carbocycles. The van der Waals surface area contributed by atoms with Crippen LogP contribution < -0.4 is 5.32 Å². The van der Waals surface area contributed by atoms with Gasteiger partial charge in [0.15, 0.2) is 0 Å². The zero-order valence-corrected chi connectivity index (χ0v) is 51.0. The molecule has 0 aromatic heterocycles. The topological polar surface area (TPSA) is 111 Å². The molecule has 1 amide bonds. The molecule has 9 nitrogen and oxygen atoms in total. The van der Waals surface area contributed by atoms with E-state index in [0.29, 0.717) is 17.4 Å². The number of nitrogens with one attached hydrogen (secondary N) is 1. The van der Waals surface area contributed by atoms with Crippen molar-refractivity contribution < 1.29 is 37.3 Å². The molecule has 0 fully saturated rings. The third-order valence-electron chi connectivity index (χ3n) is 14.6. The Labute approximate surface area is 460 Å². The summed E-state index contributed by atoms with van der Waals surface area (Å²) in [6.07, 6.45) is 64.7. The Bertz CT molecular complexity index is 1320. The van der Waals surface area contributed by atoms with Crippen molar-refractivity contribution in [3.05, 3.63) is 24.3 Å². The van der Waals surface area contributed by atoms with Gasteiger partial charge >= 0.3 is 13.8 Å². The average molecular weight is 1070 g/mol. The zero-order valence-electron chi connectivity index (χ0n) is 50.1. The highest BCUT2D eigenvalue weighted by Gasteiger charge is 2.30. The number of nitrogens with zero attached hydrogens (tertiary/aromatic N) is 1. The first-order valence-electron chi connectivity index (χ1n) is 32.2. The van der Waals surface area contributed by atoms with E-state index in [9.17, 15) is 19.0 Å². The SMILES string of the molecule is CCCCCCCC/C=C\CCCCCC(=O)OC(/C=C\CCCCCCCCCCCC)C(COP(=O)(O)OCC[N+](C)(C)C)NC(=O)CCCCCCCCCCCCCCCCCCCCCCCCC. The van der Waals surface area contributed by atoms with Crippen molar-refractivity contribution in [3.8, 4) is 0 Å². The Morgan fingerprint density at radius 2 is 0.784 bits per heavy atom. The van der Waals surface area contributed by atoms with Crippen molar-refractivity contribution >= 4 is 19.7 Å². The Hall–Kier alpha value is -1.51. The summed E-state index contributed by atoms with van der Waals surface area (Å²) in [4.78, 5) is 37.7. The van der Waals surface area contributed by atoms with Crippen LogP contribution in [0.5, 0.6) is 0 Å². The second-order valence-corrected chi connectivity index (χ2v) is 24.7. The number of phosphoric acid groups is 1. The molecule has 74 heavy (non-hydrogen) atoms. The molecule has 438 valence electrons. The fourth-order valence-electron chi connectivity index (χ4n) is 9.64. The first-order valence-corrected chi connectivity index (χ1v) is 33.7. The van der Waals surface area contributed by atoms with Crippen molar-refractivity contribution in [2.24, 2.45) is 0 Å². The standard InChI is InChI=1S/C64H125N2O7P/c1-7-10-13-16-19-22-25-28-29-30-31-32-33-34-35-36-37-39-41-44-47-50-53-56-63(67)65-61(60-72-74(69,70)71-59-58-66(4,5)6)62(55-52-49-46-43-40-27-24-21-18-15-12-9-3)73-64(68)57-54-51-48-45-42-38-26-23-20-17-14-11-8-2/h38,42,52,55,61-62H,7-37,39-41,43-51,53-54,56-60H2,1-6H3,(H-,65,67,69,70)/p+1/b42-38-,55-52-. The molecule has 0 heterocycles. The van der Waals surface area contributed by atoms with Crippen molar-refractivity contribution in [2.75, 3.05) is 40.9 Å². The number of allylic oxidation sites excluding steroid dienone is 3. The number of ether oxygens (including phenoxy) is 1. The fourth-order valence-corrected chi connectivity index (χ4v) is 10.4. The molecular weight excluding hydrogens is 940 g/mol. The molecule has 0 aromatic rings. The van der Waals surface area contributed by atoms with E-state index in [2.05, 4.69) is 38.2 Å². The van der Waals surface area contributed by atoms with Gasteiger partial charge in [-0.15, -0.1) is 0 Å². The molecule has 0 bridgehead atoms. The van der Waals surface area contributed by atoms with E-state index >= 15 is 0 Å². The smallest absolute Gasteiger partial charge is 0.456 e. The molecule has 0 aromatic carbocycles. The summed E-state index contributed by atoms with van der Waals surface area (Å²) in [6, 6.07) is -0.848. The van der Waals surface area contributed by atoms with Crippen LogP contribution in [0.4, 0.5) is 0 Å². The van der Waals surface area contributed by atoms with Crippen molar-refractivity contribution in [2.45, 2.75) is 335 Å². The average Bonchev–Trinajstić information content (AvgIpc) is 3.36. The van der Waals surface area contributed by atoms with Crippen LogP contribution in [0.25, 0.3) is 0 Å². The van der Waals surface area contributed by atoms with Crippen molar-refractivity contribution in [3.63, 3.8) is 0 Å². The van der Waals surface area contributed by atoms with Crippen LogP contribution in [0.1, 0.15) is 323 Å². The van der Waals surface area contributed by atoms with E-state index in [1.807, 2.05) is 33.3 Å². The monoisotopic (exact) mass is 1070 g/mol. The second kappa shape index (κ2) is 54.8. The summed E-state index contributed by atoms with van der Waals surface area (Å²) in [5, 5.41) is 3.06. The summed E-state index contributed by atoms with van der Waals surface area (Å²) >= 11 is 0. The molecule has 0 spiro atoms. The lowest BCUT2D eigenvalue weighted by Gasteiger charge is -2.27. The fraction of sp³-hybridized carbons (Fsp3) is 0.906. The van der Waals surface area contributed by atoms with Crippen LogP contribution in [0.3, 0.4) is 0 Å². The summed E-state index contributed by atoms with van der Waals surface area (Å²) in [5.74, 6) is -0.507. The van der Waals surface area contributed by atoms with Gasteiger partial charge in [0.1, 0.15) is 19.3 Å². The number of rotatable bonds is 59. The van der Waals surface area contributed by atoms with Crippen molar-refractivity contribution in [1.29, 1.82) is 0 Å². The van der Waals surface area contributed by atoms with E-state index in [1.54, 1.807) is 0 Å². The van der Waals surface area contributed by atoms with Gasteiger partial charge < -0.3 is 19.4 Å². The molecule has 0 aliphatic carbocycles. The van der Waals surface area contributed by atoms with Gasteiger partial charge in [-0.25, -0.2) is 4.57 Å². The normalized spacial score (nSPS) is 13.8. The highest BCUT2D eigenvalue weighted by molar-refractivity contribution is 7.47. The van der Waals surface area contributed by atoms with Gasteiger partial charge in [0.05, 0.1) is 33.8 Å². The van der Waals surface area contributed by atoms with Crippen LogP contribution in [0.15, 0.2) is 24.3 Å². The molecule has 3 unspecified atom stereocenters. The van der Waals surface area contributed by atoms with Gasteiger partial charge in [-0.3, -0.25) is 18.6 Å². The maximum Gasteiger partial charge on any atom is 0.472 e. The molecular formula is C64H126N2O7P+. The summed E-state index contributed by atoms with van der Waals surface area (Å²) in [6.45, 7) is 7.04. The third-order valence-corrected chi connectivity index (χ3v) is 15.6. The maximum atomic E-state index is 13.5. The number of hydrogen-bond donors (Lipinski definition) is 2. The molecule has 10 heteroatoms. The maximum absolute atomic E-state index is 13.5. The minimum absolute atomic E-state index is 0.0416. The summed E-state index contributed by atoms with van der Waals surface area (Å²) in [5.41, 5.74) is 0. The Morgan fingerprint density at radius 3 is 1.16 bits per heavy atom. The van der Waals surface area contributed by atoms with Gasteiger partial charge in [-0.05, 0) is 57.4 Å². The summed E-state index contributed by atoms with van der Waals surface area (Å²) < 4.78 is 30.7. The number of quaternary nitrogens is 1. The number of unbranched alkanes of at least 4 members (excludes halogenated alkanes) is 41. The van der Waals surface area contributed by atoms with Crippen LogP contribution in [0, 0.1) is 0 Å². The number of likely N-dealkylation sites (N-methyl/N-ethyl adjacent to an activating group) is 1. The number of amides is 1. The molecule has 0 aliphatic rings. The van der Waals surface area contributed by atoms with Gasteiger partial charge in [0.2, 0.25) is 5.91 Å². The summed E-state index contributed by atoms with van der Waals surface area (Å²) in [7, 11) is 1.50. The quantitative estimate of drug-likeness (QED) is 0.0205. The Kier molecular flexibility index (Phi) is 53.7. The van der Waals surface area contributed by atoms with E-state index in [0.717, 1.165) is 70.6 Å². The van der Waals surface area contributed by atoms with Gasteiger partial charge in [0.25, 0.3) is 0 Å². The highest BCUT2D eigenvalue weighted by atomic mass is 31.2. The van der Waals surface area contributed by atoms with Crippen LogP contribution in [-0.2, 0) is 27.9 Å². The lowest BCUT2D eigenvalue weighted by Crippen LogP contribution is -2.47. The zero-order chi connectivity index (χ0) is 54.3. The van der Waals surface area contributed by atoms with E-state index in [1.165, 1.54) is 218 Å².